The maximum Gasteiger partial charge on any atom is 0.231 e. The molecule has 5 nitrogen and oxygen atoms in total. The predicted molar refractivity (Wildman–Crippen MR) is 74.2 cm³/mol. The molecule has 2 N–H and O–H groups in total. The maximum atomic E-state index is 10.7. The van der Waals surface area contributed by atoms with E-state index in [4.69, 9.17) is 9.47 Å². The monoisotopic (exact) mass is 287 g/mol. The van der Waals surface area contributed by atoms with Crippen LogP contribution in [0.4, 0.5) is 0 Å². The van der Waals surface area contributed by atoms with Gasteiger partial charge in [-0.15, -0.1) is 0 Å². The van der Waals surface area contributed by atoms with Crippen LogP contribution in [0.1, 0.15) is 17.5 Å². The van der Waals surface area contributed by atoms with Crippen LogP contribution in [-0.2, 0) is 12.0 Å². The first-order valence-corrected chi connectivity index (χ1v) is 7.42. The number of fused-ring (bicyclic) bond motifs is 2. The number of hydrogen-bond acceptors (Lipinski definition) is 5. The average Bonchev–Trinajstić information content (AvgIpc) is 3.04. The third-order valence-corrected chi connectivity index (χ3v) is 5.55. The summed E-state index contributed by atoms with van der Waals surface area (Å²) in [5, 5.41) is 20.9. The van der Waals surface area contributed by atoms with Gasteiger partial charge in [0.25, 0.3) is 0 Å². The SMILES string of the molecule is OC1C=CC2N3CCC2(c2cc4c(cc2C3)OCO4)C1O. The van der Waals surface area contributed by atoms with E-state index in [1.54, 1.807) is 6.08 Å². The zero-order valence-corrected chi connectivity index (χ0v) is 11.5. The lowest BCUT2D eigenvalue weighted by molar-refractivity contribution is -0.0295. The van der Waals surface area contributed by atoms with Gasteiger partial charge in [0.2, 0.25) is 6.79 Å². The van der Waals surface area contributed by atoms with Gasteiger partial charge in [0.15, 0.2) is 11.5 Å². The molecule has 2 bridgehead atoms. The number of aliphatic hydroxyl groups excluding tert-OH is 2. The van der Waals surface area contributed by atoms with Crippen LogP contribution in [0.3, 0.4) is 0 Å². The van der Waals surface area contributed by atoms with Crippen LogP contribution in [0.25, 0.3) is 0 Å². The minimum Gasteiger partial charge on any atom is -0.454 e. The number of nitrogens with zero attached hydrogens (tertiary/aromatic N) is 1. The molecule has 1 aliphatic carbocycles. The first kappa shape index (κ1) is 12.0. The Morgan fingerprint density at radius 1 is 1.14 bits per heavy atom. The summed E-state index contributed by atoms with van der Waals surface area (Å²) in [6, 6.07) is 4.21. The molecule has 0 amide bonds. The molecule has 1 aromatic rings. The first-order chi connectivity index (χ1) is 10.2. The molecule has 5 heteroatoms. The maximum absolute atomic E-state index is 10.7. The lowest BCUT2D eigenvalue weighted by Gasteiger charge is -2.48. The summed E-state index contributed by atoms with van der Waals surface area (Å²) >= 11 is 0. The number of hydrogen-bond donors (Lipinski definition) is 2. The molecule has 1 aromatic carbocycles. The van der Waals surface area contributed by atoms with E-state index in [1.165, 1.54) is 5.56 Å². The molecule has 5 rings (SSSR count). The summed E-state index contributed by atoms with van der Waals surface area (Å²) in [6.07, 6.45) is 3.05. The molecule has 3 aliphatic heterocycles. The summed E-state index contributed by atoms with van der Waals surface area (Å²) in [7, 11) is 0. The molecule has 5 unspecified atom stereocenters. The van der Waals surface area contributed by atoms with Crippen molar-refractivity contribution < 1.29 is 19.7 Å². The highest BCUT2D eigenvalue weighted by molar-refractivity contribution is 5.55. The van der Waals surface area contributed by atoms with Crippen molar-refractivity contribution >= 4 is 0 Å². The van der Waals surface area contributed by atoms with Crippen molar-refractivity contribution in [2.75, 3.05) is 13.3 Å². The van der Waals surface area contributed by atoms with E-state index in [0.29, 0.717) is 0 Å². The van der Waals surface area contributed by atoms with Gasteiger partial charge >= 0.3 is 0 Å². The fraction of sp³-hybridized carbons (Fsp3) is 0.500. The van der Waals surface area contributed by atoms with Crippen molar-refractivity contribution in [3.05, 3.63) is 35.4 Å². The fourth-order valence-corrected chi connectivity index (χ4v) is 4.58. The Hall–Kier alpha value is -1.56. The minimum absolute atomic E-state index is 0.156. The van der Waals surface area contributed by atoms with Crippen molar-refractivity contribution in [1.29, 1.82) is 0 Å². The van der Waals surface area contributed by atoms with E-state index in [-0.39, 0.29) is 12.8 Å². The molecule has 1 saturated heterocycles. The fourth-order valence-electron chi connectivity index (χ4n) is 4.58. The van der Waals surface area contributed by atoms with Crippen LogP contribution in [0.2, 0.25) is 0 Å². The Bertz CT molecular complexity index is 658. The second-order valence-corrected chi connectivity index (χ2v) is 6.39. The smallest absolute Gasteiger partial charge is 0.231 e. The predicted octanol–water partition coefficient (Wildman–Crippen LogP) is 0.533. The third kappa shape index (κ3) is 1.32. The second-order valence-electron chi connectivity index (χ2n) is 6.39. The Labute approximate surface area is 122 Å². The molecule has 0 radical (unpaired) electrons. The quantitative estimate of drug-likeness (QED) is 0.682. The molecular formula is C16H17NO4. The zero-order chi connectivity index (χ0) is 14.2. The lowest BCUT2D eigenvalue weighted by atomic mass is 9.63. The molecular weight excluding hydrogens is 270 g/mol. The van der Waals surface area contributed by atoms with Crippen molar-refractivity contribution in [2.24, 2.45) is 0 Å². The number of aliphatic hydroxyl groups is 2. The van der Waals surface area contributed by atoms with Crippen LogP contribution in [0, 0.1) is 0 Å². The molecule has 0 saturated carbocycles. The highest BCUT2D eigenvalue weighted by Gasteiger charge is 2.58. The molecule has 0 aromatic heterocycles. The Morgan fingerprint density at radius 3 is 2.81 bits per heavy atom. The topological polar surface area (TPSA) is 62.2 Å². The van der Waals surface area contributed by atoms with Crippen molar-refractivity contribution in [2.45, 2.75) is 36.6 Å². The minimum atomic E-state index is -0.808. The summed E-state index contributed by atoms with van der Waals surface area (Å²) in [5.74, 6) is 1.53. The van der Waals surface area contributed by atoms with Crippen LogP contribution in [0.5, 0.6) is 11.5 Å². The molecule has 110 valence electrons. The van der Waals surface area contributed by atoms with E-state index in [9.17, 15) is 10.2 Å². The Morgan fingerprint density at radius 2 is 1.95 bits per heavy atom. The second kappa shape index (κ2) is 3.80. The first-order valence-electron chi connectivity index (χ1n) is 7.42. The average molecular weight is 287 g/mol. The normalized spacial score (nSPS) is 41.8. The Balaban J connectivity index is 1.76. The van der Waals surface area contributed by atoms with Crippen molar-refractivity contribution in [3.8, 4) is 11.5 Å². The Kier molecular flexibility index (Phi) is 2.17. The number of rotatable bonds is 0. The molecule has 4 aliphatic rings. The number of ether oxygens (including phenoxy) is 2. The van der Waals surface area contributed by atoms with E-state index < -0.39 is 17.6 Å². The highest BCUT2D eigenvalue weighted by Crippen LogP contribution is 2.53. The summed E-state index contributed by atoms with van der Waals surface area (Å²) < 4.78 is 11.0. The van der Waals surface area contributed by atoms with Gasteiger partial charge in [0.1, 0.15) is 0 Å². The summed E-state index contributed by atoms with van der Waals surface area (Å²) in [5.41, 5.74) is 1.86. The van der Waals surface area contributed by atoms with Gasteiger partial charge in [0.05, 0.1) is 12.2 Å². The van der Waals surface area contributed by atoms with Gasteiger partial charge in [0, 0.05) is 24.5 Å². The van der Waals surface area contributed by atoms with E-state index >= 15 is 0 Å². The van der Waals surface area contributed by atoms with E-state index in [0.717, 1.165) is 36.6 Å². The van der Waals surface area contributed by atoms with Gasteiger partial charge in [-0.2, -0.15) is 0 Å². The van der Waals surface area contributed by atoms with Gasteiger partial charge in [-0.3, -0.25) is 4.90 Å². The molecule has 3 heterocycles. The van der Waals surface area contributed by atoms with Gasteiger partial charge in [-0.05, 0) is 29.7 Å². The van der Waals surface area contributed by atoms with E-state index in [1.807, 2.05) is 12.1 Å². The summed E-state index contributed by atoms with van der Waals surface area (Å²) in [6.45, 7) is 2.04. The van der Waals surface area contributed by atoms with Gasteiger partial charge in [-0.1, -0.05) is 12.2 Å². The van der Waals surface area contributed by atoms with Crippen LogP contribution in [0.15, 0.2) is 24.3 Å². The highest BCUT2D eigenvalue weighted by atomic mass is 16.7. The lowest BCUT2D eigenvalue weighted by Crippen LogP contribution is -2.58. The largest absolute Gasteiger partial charge is 0.454 e. The third-order valence-electron chi connectivity index (χ3n) is 5.55. The number of benzene rings is 1. The zero-order valence-electron chi connectivity index (χ0n) is 11.5. The summed E-state index contributed by atoms with van der Waals surface area (Å²) in [4.78, 5) is 2.37. The van der Waals surface area contributed by atoms with Crippen LogP contribution < -0.4 is 9.47 Å². The molecule has 1 fully saturated rings. The van der Waals surface area contributed by atoms with Gasteiger partial charge in [-0.25, -0.2) is 0 Å². The standard InChI is InChI=1S/C16H17NO4/c18-11-1-2-14-16(15(11)19)3-4-17(14)7-9-5-12-13(6-10(9)16)21-8-20-12/h1-2,5-6,11,14-15,18-19H,3-4,7-8H2. The van der Waals surface area contributed by atoms with Crippen molar-refractivity contribution in [3.63, 3.8) is 0 Å². The van der Waals surface area contributed by atoms with Crippen LogP contribution >= 0.6 is 0 Å². The van der Waals surface area contributed by atoms with E-state index in [2.05, 4.69) is 11.0 Å². The van der Waals surface area contributed by atoms with Crippen molar-refractivity contribution in [1.82, 2.24) is 4.90 Å². The van der Waals surface area contributed by atoms with Gasteiger partial charge < -0.3 is 19.7 Å². The molecule has 5 atom stereocenters. The molecule has 21 heavy (non-hydrogen) atoms. The van der Waals surface area contributed by atoms with Crippen LogP contribution in [-0.4, -0.2) is 46.7 Å². The molecule has 0 spiro atoms.